The van der Waals surface area contributed by atoms with Crippen molar-refractivity contribution in [2.45, 2.75) is 0 Å². The fourth-order valence-electron chi connectivity index (χ4n) is 2.17. The van der Waals surface area contributed by atoms with Gasteiger partial charge in [-0.15, -0.1) is 0 Å². The summed E-state index contributed by atoms with van der Waals surface area (Å²) < 4.78 is 6.65. The van der Waals surface area contributed by atoms with Gasteiger partial charge < -0.3 is 9.52 Å². The van der Waals surface area contributed by atoms with Gasteiger partial charge in [0.15, 0.2) is 11.5 Å². The second-order valence-electron chi connectivity index (χ2n) is 4.53. The molecule has 5 heteroatoms. The van der Waals surface area contributed by atoms with E-state index in [-0.39, 0.29) is 5.75 Å². The number of para-hydroxylation sites is 2. The number of aromatic hydroxyl groups is 1. The molecule has 1 N–H and O–H groups in total. The highest BCUT2D eigenvalue weighted by atomic mass is 32.1. The fraction of sp³-hybridized carbons (Fsp3) is 0. The first-order valence-electron chi connectivity index (χ1n) is 6.41. The number of benzene rings is 2. The second-order valence-corrected chi connectivity index (χ2v) is 5.54. The molecule has 4 rings (SSSR count). The number of hydrogen-bond donors (Lipinski definition) is 1. The normalized spacial score (nSPS) is 11.8. The molecule has 0 aliphatic carbocycles. The maximum atomic E-state index is 10.1. The van der Waals surface area contributed by atoms with Crippen LogP contribution in [0.3, 0.4) is 0 Å². The van der Waals surface area contributed by atoms with Crippen molar-refractivity contribution < 1.29 is 9.52 Å². The highest BCUT2D eigenvalue weighted by Gasteiger charge is 2.10. The Bertz CT molecular complexity index is 936. The van der Waals surface area contributed by atoms with E-state index in [1.807, 2.05) is 48.5 Å². The van der Waals surface area contributed by atoms with Crippen molar-refractivity contribution in [3.8, 4) is 5.75 Å². The van der Waals surface area contributed by atoms with Crippen LogP contribution >= 0.6 is 11.3 Å². The van der Waals surface area contributed by atoms with E-state index in [0.717, 1.165) is 10.2 Å². The second kappa shape index (κ2) is 4.71. The van der Waals surface area contributed by atoms with Gasteiger partial charge in [0, 0.05) is 0 Å². The summed E-state index contributed by atoms with van der Waals surface area (Å²) in [7, 11) is 0. The van der Waals surface area contributed by atoms with Gasteiger partial charge in [0.1, 0.15) is 5.58 Å². The van der Waals surface area contributed by atoms with Gasteiger partial charge >= 0.3 is 0 Å². The Morgan fingerprint density at radius 2 is 1.90 bits per heavy atom. The Morgan fingerprint density at radius 3 is 2.76 bits per heavy atom. The molecular formula is C16H10N2O2S. The first kappa shape index (κ1) is 12.1. The molecule has 21 heavy (non-hydrogen) atoms. The number of thiazole rings is 1. The lowest BCUT2D eigenvalue weighted by Crippen LogP contribution is -1.75. The molecule has 4 nitrogen and oxygen atoms in total. The first-order valence-corrected chi connectivity index (χ1v) is 7.23. The Morgan fingerprint density at radius 1 is 1.10 bits per heavy atom. The van der Waals surface area contributed by atoms with E-state index in [2.05, 4.69) is 9.98 Å². The van der Waals surface area contributed by atoms with Gasteiger partial charge in [0.25, 0.3) is 0 Å². The third-order valence-corrected chi connectivity index (χ3v) is 4.11. The monoisotopic (exact) mass is 294 g/mol. The summed E-state index contributed by atoms with van der Waals surface area (Å²) in [5.41, 5.74) is 1.56. The van der Waals surface area contributed by atoms with Crippen LogP contribution in [0.1, 0.15) is 5.76 Å². The number of furan rings is 1. The Balaban J connectivity index is 1.74. The van der Waals surface area contributed by atoms with Crippen molar-refractivity contribution >= 4 is 43.9 Å². The van der Waals surface area contributed by atoms with Crippen LogP contribution in [0.2, 0.25) is 0 Å². The average molecular weight is 294 g/mol. The lowest BCUT2D eigenvalue weighted by Gasteiger charge is -1.86. The van der Waals surface area contributed by atoms with Gasteiger partial charge in [-0.25, -0.2) is 9.98 Å². The SMILES string of the molecule is Oc1c(/C=N/c2nc3ccccc3s2)oc2ccccc12. The third-order valence-electron chi connectivity index (χ3n) is 3.17. The summed E-state index contributed by atoms with van der Waals surface area (Å²) >= 11 is 1.50. The molecule has 2 aromatic carbocycles. The predicted molar refractivity (Wildman–Crippen MR) is 84.8 cm³/mol. The summed E-state index contributed by atoms with van der Waals surface area (Å²) in [5.74, 6) is 0.450. The van der Waals surface area contributed by atoms with Crippen LogP contribution < -0.4 is 0 Å². The predicted octanol–water partition coefficient (Wildman–Crippen LogP) is 4.50. The van der Waals surface area contributed by atoms with Crippen LogP contribution in [0, 0.1) is 0 Å². The summed E-state index contributed by atoms with van der Waals surface area (Å²) in [6.07, 6.45) is 1.51. The topological polar surface area (TPSA) is 58.6 Å². The van der Waals surface area contributed by atoms with Crippen LogP contribution in [0.5, 0.6) is 5.75 Å². The standard InChI is InChI=1S/C16H10N2O2S/c19-15-10-5-1-3-7-12(10)20-13(15)9-17-16-18-11-6-2-4-8-14(11)21-16/h1-9,19H/b17-9+. The first-order chi connectivity index (χ1) is 10.3. The van der Waals surface area contributed by atoms with E-state index in [9.17, 15) is 5.11 Å². The van der Waals surface area contributed by atoms with E-state index < -0.39 is 0 Å². The highest BCUT2D eigenvalue weighted by molar-refractivity contribution is 7.22. The van der Waals surface area contributed by atoms with E-state index in [1.165, 1.54) is 17.6 Å². The van der Waals surface area contributed by atoms with Crippen molar-refractivity contribution in [3.05, 3.63) is 54.3 Å². The molecule has 0 aliphatic heterocycles. The van der Waals surface area contributed by atoms with Gasteiger partial charge in [-0.2, -0.15) is 0 Å². The number of hydrogen-bond acceptors (Lipinski definition) is 5. The van der Waals surface area contributed by atoms with E-state index in [4.69, 9.17) is 4.42 Å². The molecule has 0 atom stereocenters. The number of nitrogens with zero attached hydrogens (tertiary/aromatic N) is 2. The van der Waals surface area contributed by atoms with Gasteiger partial charge in [-0.3, -0.25) is 0 Å². The molecule has 0 saturated carbocycles. The van der Waals surface area contributed by atoms with E-state index >= 15 is 0 Å². The fourth-order valence-corrected chi connectivity index (χ4v) is 2.98. The van der Waals surface area contributed by atoms with Crippen molar-refractivity contribution in [1.82, 2.24) is 4.98 Å². The van der Waals surface area contributed by atoms with Crippen LogP contribution in [0.15, 0.2) is 57.9 Å². The van der Waals surface area contributed by atoms with E-state index in [1.54, 1.807) is 0 Å². The minimum atomic E-state index is 0.107. The number of rotatable bonds is 2. The maximum absolute atomic E-state index is 10.1. The number of aromatic nitrogens is 1. The molecule has 102 valence electrons. The summed E-state index contributed by atoms with van der Waals surface area (Å²) in [4.78, 5) is 8.71. The quantitative estimate of drug-likeness (QED) is 0.554. The van der Waals surface area contributed by atoms with Crippen molar-refractivity contribution in [1.29, 1.82) is 0 Å². The third kappa shape index (κ3) is 2.08. The molecule has 0 fully saturated rings. The molecule has 4 aromatic rings. The molecular weight excluding hydrogens is 284 g/mol. The molecule has 0 amide bonds. The van der Waals surface area contributed by atoms with Gasteiger partial charge in [0.05, 0.1) is 21.8 Å². The van der Waals surface area contributed by atoms with Crippen LogP contribution in [0.25, 0.3) is 21.2 Å². The van der Waals surface area contributed by atoms with Gasteiger partial charge in [-0.1, -0.05) is 35.6 Å². The van der Waals surface area contributed by atoms with E-state index in [0.29, 0.717) is 21.9 Å². The zero-order valence-electron chi connectivity index (χ0n) is 10.9. The highest BCUT2D eigenvalue weighted by Crippen LogP contribution is 2.32. The summed E-state index contributed by atoms with van der Waals surface area (Å²) in [5, 5.41) is 11.4. The van der Waals surface area contributed by atoms with Crippen LogP contribution in [0.4, 0.5) is 5.13 Å². The molecule has 2 aromatic heterocycles. The zero-order valence-corrected chi connectivity index (χ0v) is 11.7. The molecule has 0 aliphatic rings. The zero-order chi connectivity index (χ0) is 14.2. The smallest absolute Gasteiger partial charge is 0.210 e. The Labute approximate surface area is 124 Å². The van der Waals surface area contributed by atoms with Gasteiger partial charge in [0.2, 0.25) is 5.13 Å². The van der Waals surface area contributed by atoms with Crippen molar-refractivity contribution in [3.63, 3.8) is 0 Å². The number of aliphatic imine (C=N–C) groups is 1. The molecule has 2 heterocycles. The largest absolute Gasteiger partial charge is 0.504 e. The lowest BCUT2D eigenvalue weighted by molar-refractivity contribution is 0.462. The van der Waals surface area contributed by atoms with Crippen molar-refractivity contribution in [2.24, 2.45) is 4.99 Å². The molecule has 0 spiro atoms. The Kier molecular flexibility index (Phi) is 2.72. The summed E-state index contributed by atoms with van der Waals surface area (Å²) in [6.45, 7) is 0. The van der Waals surface area contributed by atoms with Crippen molar-refractivity contribution in [2.75, 3.05) is 0 Å². The van der Waals surface area contributed by atoms with Gasteiger partial charge in [-0.05, 0) is 24.3 Å². The maximum Gasteiger partial charge on any atom is 0.210 e. The van der Waals surface area contributed by atoms with Crippen LogP contribution in [-0.4, -0.2) is 16.3 Å². The minimum Gasteiger partial charge on any atom is -0.504 e. The summed E-state index contributed by atoms with van der Waals surface area (Å²) in [6, 6.07) is 15.2. The Hall–Kier alpha value is -2.66. The molecule has 0 unspecified atom stereocenters. The van der Waals surface area contributed by atoms with Crippen LogP contribution in [-0.2, 0) is 0 Å². The molecule has 0 saturated heterocycles. The average Bonchev–Trinajstić information content (AvgIpc) is 3.07. The number of fused-ring (bicyclic) bond motifs is 2. The lowest BCUT2D eigenvalue weighted by atomic mass is 10.2. The minimum absolute atomic E-state index is 0.107. The molecule has 0 radical (unpaired) electrons. The molecule has 0 bridgehead atoms.